The van der Waals surface area contributed by atoms with E-state index >= 15 is 0 Å². The van der Waals surface area contributed by atoms with E-state index in [0.717, 1.165) is 58.0 Å². The monoisotopic (exact) mass is 364 g/mol. The lowest BCUT2D eigenvalue weighted by molar-refractivity contribution is -0.184. The average molecular weight is 365 g/mol. The third kappa shape index (κ3) is 2.62. The molecular formula is C22H36O4. The third-order valence-corrected chi connectivity index (χ3v) is 9.05. The number of methoxy groups -OCH3 is 2. The number of hydrogen-bond donors (Lipinski definition) is 1. The van der Waals surface area contributed by atoms with Crippen LogP contribution in [-0.4, -0.2) is 43.9 Å². The summed E-state index contributed by atoms with van der Waals surface area (Å²) in [6.45, 7) is 3.49. The molecular weight excluding hydrogens is 328 g/mol. The highest BCUT2D eigenvalue weighted by molar-refractivity contribution is 5.87. The van der Waals surface area contributed by atoms with Crippen molar-refractivity contribution in [2.75, 3.05) is 27.4 Å². The van der Waals surface area contributed by atoms with Gasteiger partial charge in [0.2, 0.25) is 0 Å². The molecule has 4 saturated carbocycles. The maximum atomic E-state index is 12.6. The lowest BCUT2D eigenvalue weighted by Crippen LogP contribution is -2.59. The Kier molecular flexibility index (Phi) is 4.77. The molecule has 4 heteroatoms. The first-order valence-corrected chi connectivity index (χ1v) is 10.6. The molecule has 0 bridgehead atoms. The maximum absolute atomic E-state index is 12.6. The summed E-state index contributed by atoms with van der Waals surface area (Å²) in [4.78, 5) is 12.6. The summed E-state index contributed by atoms with van der Waals surface area (Å²) in [7, 11) is 3.52. The van der Waals surface area contributed by atoms with Crippen LogP contribution in [0.25, 0.3) is 0 Å². The molecule has 0 heterocycles. The molecule has 0 amide bonds. The Morgan fingerprint density at radius 1 is 1.00 bits per heavy atom. The summed E-state index contributed by atoms with van der Waals surface area (Å²) in [6, 6.07) is 0. The first-order chi connectivity index (χ1) is 12.4. The van der Waals surface area contributed by atoms with Crippen LogP contribution < -0.4 is 0 Å². The lowest BCUT2D eigenvalue weighted by atomic mass is 9.44. The molecule has 0 aliphatic heterocycles. The molecule has 4 aliphatic carbocycles. The number of carbonyl (C=O) groups excluding carboxylic acids is 1. The Balaban J connectivity index is 1.63. The van der Waals surface area contributed by atoms with E-state index in [-0.39, 0.29) is 10.8 Å². The van der Waals surface area contributed by atoms with Crippen LogP contribution in [0.3, 0.4) is 0 Å². The number of ether oxygens (including phenoxy) is 2. The largest absolute Gasteiger partial charge is 0.387 e. The van der Waals surface area contributed by atoms with Crippen molar-refractivity contribution >= 4 is 5.78 Å². The van der Waals surface area contributed by atoms with Crippen LogP contribution in [0.5, 0.6) is 0 Å². The van der Waals surface area contributed by atoms with Gasteiger partial charge in [0.25, 0.3) is 0 Å². The van der Waals surface area contributed by atoms with Crippen LogP contribution >= 0.6 is 0 Å². The first kappa shape index (κ1) is 18.9. The van der Waals surface area contributed by atoms with Crippen molar-refractivity contribution in [2.24, 2.45) is 34.5 Å². The van der Waals surface area contributed by atoms with Gasteiger partial charge >= 0.3 is 0 Å². The van der Waals surface area contributed by atoms with Crippen LogP contribution in [0.2, 0.25) is 0 Å². The molecule has 4 aliphatic rings. The number of fused-ring (bicyclic) bond motifs is 5. The number of carbonyl (C=O) groups is 1. The second-order valence-electron chi connectivity index (χ2n) is 10.1. The van der Waals surface area contributed by atoms with E-state index in [1.807, 2.05) is 7.11 Å². The Bertz CT molecular complexity index is 562. The minimum atomic E-state index is -0.671. The molecule has 148 valence electrons. The topological polar surface area (TPSA) is 55.8 Å². The molecule has 0 spiro atoms. The van der Waals surface area contributed by atoms with E-state index in [1.54, 1.807) is 7.11 Å². The smallest absolute Gasteiger partial charge is 0.139 e. The summed E-state index contributed by atoms with van der Waals surface area (Å²) in [5, 5.41) is 11.0. The van der Waals surface area contributed by atoms with Gasteiger partial charge in [-0.25, -0.2) is 0 Å². The third-order valence-electron chi connectivity index (χ3n) is 9.05. The van der Waals surface area contributed by atoms with Crippen LogP contribution in [0.1, 0.15) is 64.7 Å². The number of hydrogen-bond acceptors (Lipinski definition) is 4. The molecule has 0 aromatic carbocycles. The van der Waals surface area contributed by atoms with Gasteiger partial charge in [0.05, 0.1) is 18.8 Å². The second-order valence-corrected chi connectivity index (χ2v) is 10.1. The average Bonchev–Trinajstić information content (AvgIpc) is 2.91. The van der Waals surface area contributed by atoms with Crippen LogP contribution in [0.4, 0.5) is 0 Å². The van der Waals surface area contributed by atoms with Gasteiger partial charge in [-0.3, -0.25) is 4.79 Å². The van der Waals surface area contributed by atoms with Crippen molar-refractivity contribution in [1.82, 2.24) is 0 Å². The lowest BCUT2D eigenvalue weighted by Gasteiger charge is -2.62. The van der Waals surface area contributed by atoms with Crippen molar-refractivity contribution in [3.63, 3.8) is 0 Å². The Labute approximate surface area is 158 Å². The fraction of sp³-hybridized carbons (Fsp3) is 0.955. The number of aliphatic hydroxyl groups is 1. The van der Waals surface area contributed by atoms with Crippen LogP contribution in [0, 0.1) is 34.5 Å². The molecule has 1 N–H and O–H groups in total. The molecule has 0 aromatic rings. The standard InChI is InChI=1S/C22H36O4/c1-20-9-8-18-16(17(20)6-7-19(20)23)5-4-15-12-21(24,13-25-2)10-11-22(15,18)14-26-3/h15-18,24H,4-14H2,1-3H3/t15-,16-,17-,18-,20-,21+,22+/m0/s1. The predicted molar refractivity (Wildman–Crippen MR) is 99.8 cm³/mol. The summed E-state index contributed by atoms with van der Waals surface area (Å²) in [5.41, 5.74) is -0.547. The van der Waals surface area contributed by atoms with Crippen molar-refractivity contribution in [1.29, 1.82) is 0 Å². The zero-order valence-corrected chi connectivity index (χ0v) is 16.8. The maximum Gasteiger partial charge on any atom is 0.139 e. The van der Waals surface area contributed by atoms with Crippen LogP contribution in [-0.2, 0) is 14.3 Å². The van der Waals surface area contributed by atoms with Gasteiger partial charge in [-0.05, 0) is 80.5 Å². The van der Waals surface area contributed by atoms with Crippen molar-refractivity contribution in [3.8, 4) is 0 Å². The Morgan fingerprint density at radius 2 is 1.77 bits per heavy atom. The van der Waals surface area contributed by atoms with Gasteiger partial charge in [0.1, 0.15) is 5.78 Å². The fourth-order valence-corrected chi connectivity index (χ4v) is 7.85. The molecule has 4 nitrogen and oxygen atoms in total. The Hall–Kier alpha value is -0.450. The highest BCUT2D eigenvalue weighted by Gasteiger charge is 2.62. The molecule has 4 rings (SSSR count). The predicted octanol–water partition coefficient (Wildman–Crippen LogP) is 3.60. The highest BCUT2D eigenvalue weighted by atomic mass is 16.5. The van der Waals surface area contributed by atoms with Gasteiger partial charge in [-0.2, -0.15) is 0 Å². The zero-order chi connectivity index (χ0) is 18.6. The molecule has 0 aromatic heterocycles. The van der Waals surface area contributed by atoms with Gasteiger partial charge in [-0.1, -0.05) is 6.92 Å². The van der Waals surface area contributed by atoms with E-state index in [4.69, 9.17) is 9.47 Å². The number of Topliss-reactive ketones (excluding diaryl/α,β-unsaturated/α-hetero) is 1. The minimum absolute atomic E-state index is 0.0618. The summed E-state index contributed by atoms with van der Waals surface area (Å²) < 4.78 is 11.1. The highest BCUT2D eigenvalue weighted by Crippen LogP contribution is 2.66. The summed E-state index contributed by atoms with van der Waals surface area (Å²) in [6.07, 6.45) is 9.17. The fourth-order valence-electron chi connectivity index (χ4n) is 7.85. The summed E-state index contributed by atoms with van der Waals surface area (Å²) in [5.74, 6) is 2.92. The van der Waals surface area contributed by atoms with Crippen molar-refractivity contribution in [3.05, 3.63) is 0 Å². The summed E-state index contributed by atoms with van der Waals surface area (Å²) >= 11 is 0. The quantitative estimate of drug-likeness (QED) is 0.828. The molecule has 4 fully saturated rings. The molecule has 0 unspecified atom stereocenters. The van der Waals surface area contributed by atoms with Crippen molar-refractivity contribution in [2.45, 2.75) is 70.3 Å². The number of rotatable bonds is 4. The minimum Gasteiger partial charge on any atom is -0.387 e. The van der Waals surface area contributed by atoms with Gasteiger partial charge in [-0.15, -0.1) is 0 Å². The molecule has 0 radical (unpaired) electrons. The van der Waals surface area contributed by atoms with E-state index in [2.05, 4.69) is 6.92 Å². The van der Waals surface area contributed by atoms with Crippen molar-refractivity contribution < 1.29 is 19.4 Å². The van der Waals surface area contributed by atoms with E-state index in [9.17, 15) is 9.90 Å². The molecule has 7 atom stereocenters. The van der Waals surface area contributed by atoms with Gasteiger partial charge < -0.3 is 14.6 Å². The van der Waals surface area contributed by atoms with E-state index < -0.39 is 5.60 Å². The second kappa shape index (κ2) is 6.56. The SMILES string of the molecule is COC[C@@]1(O)CC[C@@]2(COC)[C@@H](CC[C@@H]3[C@@H]2CC[C@]2(C)C(=O)CC[C@@H]32)C1. The van der Waals surface area contributed by atoms with Crippen LogP contribution in [0.15, 0.2) is 0 Å². The van der Waals surface area contributed by atoms with Gasteiger partial charge in [0.15, 0.2) is 0 Å². The van der Waals surface area contributed by atoms with E-state index in [0.29, 0.717) is 36.1 Å². The molecule has 26 heavy (non-hydrogen) atoms. The number of ketones is 1. The first-order valence-electron chi connectivity index (χ1n) is 10.6. The Morgan fingerprint density at radius 3 is 2.50 bits per heavy atom. The normalized spacial score (nSPS) is 50.8. The van der Waals surface area contributed by atoms with E-state index in [1.165, 1.54) is 6.42 Å². The van der Waals surface area contributed by atoms with Gasteiger partial charge in [0, 0.05) is 26.1 Å². The molecule has 0 saturated heterocycles. The zero-order valence-electron chi connectivity index (χ0n) is 16.8.